The van der Waals surface area contributed by atoms with Gasteiger partial charge in [-0.25, -0.2) is 8.42 Å². The van der Waals surface area contributed by atoms with Crippen molar-refractivity contribution in [1.82, 2.24) is 4.31 Å². The lowest BCUT2D eigenvalue weighted by Gasteiger charge is -2.59. The predicted octanol–water partition coefficient (Wildman–Crippen LogP) is 4.07. The van der Waals surface area contributed by atoms with Crippen molar-refractivity contribution in [2.45, 2.75) is 62.1 Å². The van der Waals surface area contributed by atoms with E-state index >= 15 is 0 Å². The maximum atomic E-state index is 13.9. The molecule has 1 amide bonds. The van der Waals surface area contributed by atoms with Gasteiger partial charge in [0.15, 0.2) is 0 Å². The maximum Gasteiger partial charge on any atom is 0.243 e. The number of nitrogens with one attached hydrogen (secondary N) is 1. The number of rotatable bonds is 7. The number of anilines is 2. The van der Waals surface area contributed by atoms with Crippen molar-refractivity contribution in [2.24, 2.45) is 17.3 Å². The van der Waals surface area contributed by atoms with Crippen LogP contribution in [0.15, 0.2) is 23.1 Å². The quantitative estimate of drug-likeness (QED) is 0.560. The molecule has 5 fully saturated rings. The van der Waals surface area contributed by atoms with Gasteiger partial charge in [-0.2, -0.15) is 4.31 Å². The number of amides is 1. The van der Waals surface area contributed by atoms with Gasteiger partial charge < -0.3 is 15.0 Å². The molecule has 0 spiro atoms. The van der Waals surface area contributed by atoms with E-state index in [-0.39, 0.29) is 15.7 Å². The Kier molecular flexibility index (Phi) is 6.41. The molecule has 0 aromatic heterocycles. The first-order valence-electron chi connectivity index (χ1n) is 12.7. The van der Waals surface area contributed by atoms with Crippen molar-refractivity contribution in [3.05, 3.63) is 18.2 Å². The zero-order chi connectivity index (χ0) is 24.1. The van der Waals surface area contributed by atoms with E-state index in [1.807, 2.05) is 19.9 Å². The van der Waals surface area contributed by atoms with Gasteiger partial charge in [-0.05, 0) is 68.6 Å². The standard InChI is InChI=1S/C25H36ClN3O4S/c1-3-29(4-2)34(31,32)20-5-6-22(28-7-9-33-10-8-28)21(12-20)27-23(30)24-13-18-11-19(14-24)16-25(26,15-18)17-24/h5-6,12,18-19H,3-4,7-11,13-17H2,1-2H3,(H,27,30)/t18-,19-,24?,25?/m1/s1. The molecule has 1 saturated heterocycles. The number of hydrogen-bond donors (Lipinski definition) is 1. The first-order valence-corrected chi connectivity index (χ1v) is 14.5. The Balaban J connectivity index is 1.49. The average molecular weight is 510 g/mol. The molecule has 4 bridgehead atoms. The number of hydrogen-bond acceptors (Lipinski definition) is 5. The molecule has 1 aromatic rings. The van der Waals surface area contributed by atoms with Gasteiger partial charge in [-0.15, -0.1) is 11.6 Å². The molecule has 0 unspecified atom stereocenters. The van der Waals surface area contributed by atoms with Gasteiger partial charge in [0, 0.05) is 31.1 Å². The maximum absolute atomic E-state index is 13.9. The number of carbonyl (C=O) groups is 1. The van der Waals surface area contributed by atoms with E-state index in [1.165, 1.54) is 10.7 Å². The highest BCUT2D eigenvalue weighted by Crippen LogP contribution is 2.64. The molecule has 9 heteroatoms. The van der Waals surface area contributed by atoms with Crippen LogP contribution in [0.3, 0.4) is 0 Å². The molecular weight excluding hydrogens is 474 g/mol. The first kappa shape index (κ1) is 24.3. The molecule has 6 rings (SSSR count). The number of ether oxygens (including phenoxy) is 1. The van der Waals surface area contributed by atoms with Gasteiger partial charge in [0.05, 0.1) is 34.9 Å². The molecule has 1 aromatic carbocycles. The third-order valence-corrected chi connectivity index (χ3v) is 10.9. The van der Waals surface area contributed by atoms with Crippen LogP contribution in [0, 0.1) is 17.3 Å². The summed E-state index contributed by atoms with van der Waals surface area (Å²) >= 11 is 6.99. The van der Waals surface area contributed by atoms with Crippen LogP contribution < -0.4 is 10.2 Å². The number of halogens is 1. The molecule has 7 nitrogen and oxygen atoms in total. The van der Waals surface area contributed by atoms with Crippen LogP contribution in [0.1, 0.15) is 52.4 Å². The van der Waals surface area contributed by atoms with Gasteiger partial charge >= 0.3 is 0 Å². The van der Waals surface area contributed by atoms with E-state index in [0.717, 1.165) is 31.4 Å². The van der Waals surface area contributed by atoms with Gasteiger partial charge in [-0.1, -0.05) is 13.8 Å². The number of sulfonamides is 1. The highest BCUT2D eigenvalue weighted by molar-refractivity contribution is 7.89. The molecule has 188 valence electrons. The summed E-state index contributed by atoms with van der Waals surface area (Å²) in [6.07, 6.45) is 5.68. The molecule has 34 heavy (non-hydrogen) atoms. The van der Waals surface area contributed by atoms with Crippen LogP contribution in [0.2, 0.25) is 0 Å². The Morgan fingerprint density at radius 2 is 1.79 bits per heavy atom. The molecular formula is C25H36ClN3O4S. The summed E-state index contributed by atoms with van der Waals surface area (Å²) in [4.78, 5) is 16.0. The summed E-state index contributed by atoms with van der Waals surface area (Å²) < 4.78 is 33.4. The van der Waals surface area contributed by atoms with E-state index in [0.29, 0.717) is 63.3 Å². The van der Waals surface area contributed by atoms with Crippen LogP contribution >= 0.6 is 11.6 Å². The summed E-state index contributed by atoms with van der Waals surface area (Å²) in [5.74, 6) is 1.02. The zero-order valence-corrected chi connectivity index (χ0v) is 21.8. The van der Waals surface area contributed by atoms with Crippen LogP contribution in [0.25, 0.3) is 0 Å². The van der Waals surface area contributed by atoms with Crippen molar-refractivity contribution in [3.8, 4) is 0 Å². The molecule has 0 radical (unpaired) electrons. The van der Waals surface area contributed by atoms with E-state index in [4.69, 9.17) is 16.3 Å². The summed E-state index contributed by atoms with van der Waals surface area (Å²) in [6, 6.07) is 5.14. The highest BCUT2D eigenvalue weighted by Gasteiger charge is 2.60. The van der Waals surface area contributed by atoms with Crippen molar-refractivity contribution < 1.29 is 17.9 Å². The second-order valence-electron chi connectivity index (χ2n) is 10.7. The Morgan fingerprint density at radius 1 is 1.15 bits per heavy atom. The highest BCUT2D eigenvalue weighted by atomic mass is 35.5. The Hall–Kier alpha value is -1.35. The molecule has 2 atom stereocenters. The van der Waals surface area contributed by atoms with Crippen LogP contribution in [-0.4, -0.2) is 62.9 Å². The van der Waals surface area contributed by atoms with E-state index in [9.17, 15) is 13.2 Å². The smallest absolute Gasteiger partial charge is 0.243 e. The molecule has 4 saturated carbocycles. The monoisotopic (exact) mass is 509 g/mol. The van der Waals surface area contributed by atoms with Crippen LogP contribution in [0.5, 0.6) is 0 Å². The summed E-state index contributed by atoms with van der Waals surface area (Å²) in [5.41, 5.74) is 0.960. The van der Waals surface area contributed by atoms with Gasteiger partial charge in [0.1, 0.15) is 0 Å². The molecule has 1 aliphatic heterocycles. The van der Waals surface area contributed by atoms with Crippen LogP contribution in [-0.2, 0) is 19.6 Å². The third kappa shape index (κ3) is 4.25. The third-order valence-electron chi connectivity index (χ3n) is 8.38. The summed E-state index contributed by atoms with van der Waals surface area (Å²) in [5, 5.41) is 3.21. The minimum Gasteiger partial charge on any atom is -0.378 e. The van der Waals surface area contributed by atoms with E-state index < -0.39 is 15.4 Å². The van der Waals surface area contributed by atoms with E-state index in [1.54, 1.807) is 12.1 Å². The number of carbonyl (C=O) groups excluding carboxylic acids is 1. The first-order chi connectivity index (χ1) is 16.2. The van der Waals surface area contributed by atoms with E-state index in [2.05, 4.69) is 10.2 Å². The minimum absolute atomic E-state index is 0.00137. The topological polar surface area (TPSA) is 79.0 Å². The number of morpholine rings is 1. The summed E-state index contributed by atoms with van der Waals surface area (Å²) in [6.45, 7) is 7.08. The van der Waals surface area contributed by atoms with Crippen LogP contribution in [0.4, 0.5) is 11.4 Å². The van der Waals surface area contributed by atoms with Gasteiger partial charge in [0.25, 0.3) is 0 Å². The minimum atomic E-state index is -3.64. The number of benzene rings is 1. The van der Waals surface area contributed by atoms with Gasteiger partial charge in [0.2, 0.25) is 15.9 Å². The Morgan fingerprint density at radius 3 is 2.38 bits per heavy atom. The van der Waals surface area contributed by atoms with Gasteiger partial charge in [-0.3, -0.25) is 4.79 Å². The lowest BCUT2D eigenvalue weighted by Crippen LogP contribution is -2.57. The second-order valence-corrected chi connectivity index (χ2v) is 13.5. The lowest BCUT2D eigenvalue weighted by molar-refractivity contribution is -0.138. The fourth-order valence-electron chi connectivity index (χ4n) is 7.24. The molecule has 1 N–H and O–H groups in total. The number of alkyl halides is 1. The van der Waals surface area contributed by atoms with Crippen molar-refractivity contribution >= 4 is 38.9 Å². The van der Waals surface area contributed by atoms with Crippen molar-refractivity contribution in [2.75, 3.05) is 49.6 Å². The second kappa shape index (κ2) is 8.95. The van der Waals surface area contributed by atoms with Crippen molar-refractivity contribution in [3.63, 3.8) is 0 Å². The normalized spacial score (nSPS) is 32.9. The number of nitrogens with zero attached hydrogens (tertiary/aromatic N) is 2. The fourth-order valence-corrected chi connectivity index (χ4v) is 9.42. The predicted molar refractivity (Wildman–Crippen MR) is 134 cm³/mol. The molecule has 1 heterocycles. The SMILES string of the molecule is CCN(CC)S(=O)(=O)c1ccc(N2CCOCC2)c(NC(=O)C23C[C@H]4C[C@@H](CC(Cl)(C4)C2)C3)c1. The Bertz CT molecular complexity index is 1040. The largest absolute Gasteiger partial charge is 0.378 e. The fraction of sp³-hybridized carbons (Fsp3) is 0.720. The molecule has 4 aliphatic carbocycles. The summed E-state index contributed by atoms with van der Waals surface area (Å²) in [7, 11) is -3.64. The Labute approximate surface area is 208 Å². The average Bonchev–Trinajstić information content (AvgIpc) is 2.78. The zero-order valence-electron chi connectivity index (χ0n) is 20.2. The lowest BCUT2D eigenvalue weighted by atomic mass is 9.49. The van der Waals surface area contributed by atoms with Crippen molar-refractivity contribution in [1.29, 1.82) is 0 Å². The molecule has 5 aliphatic rings.